The Morgan fingerprint density at radius 1 is 1.47 bits per heavy atom. The van der Waals surface area contributed by atoms with Gasteiger partial charge >= 0.3 is 5.97 Å². The van der Waals surface area contributed by atoms with Gasteiger partial charge in [0, 0.05) is 10.0 Å². The molecule has 0 aliphatic heterocycles. The molecule has 0 radical (unpaired) electrons. The van der Waals surface area contributed by atoms with Crippen molar-refractivity contribution < 1.29 is 9.53 Å². The van der Waals surface area contributed by atoms with E-state index in [4.69, 9.17) is 5.73 Å². The number of hydrogen-bond acceptors (Lipinski definition) is 5. The lowest BCUT2D eigenvalue weighted by Gasteiger charge is -1.98. The monoisotopic (exact) mass is 312 g/mol. The number of nitrogens with two attached hydrogens (primary N) is 1. The van der Waals surface area contributed by atoms with Crippen molar-refractivity contribution in [2.45, 2.75) is 0 Å². The molecule has 0 aliphatic rings. The Morgan fingerprint density at radius 3 is 2.82 bits per heavy atom. The minimum absolute atomic E-state index is 0.170. The van der Waals surface area contributed by atoms with Crippen molar-refractivity contribution in [1.29, 1.82) is 0 Å². The molecule has 2 N–H and O–H groups in total. The van der Waals surface area contributed by atoms with Crippen molar-refractivity contribution in [2.75, 3.05) is 12.8 Å². The number of anilines is 1. The summed E-state index contributed by atoms with van der Waals surface area (Å²) in [6, 6.07) is 7.62. The highest BCUT2D eigenvalue weighted by Gasteiger charge is 2.18. The molecule has 0 saturated carbocycles. The molecule has 1 heterocycles. The second-order valence-corrected chi connectivity index (χ2v) is 5.09. The first-order valence-electron chi connectivity index (χ1n) is 4.73. The van der Waals surface area contributed by atoms with Gasteiger partial charge in [0.2, 0.25) is 0 Å². The van der Waals surface area contributed by atoms with Gasteiger partial charge in [-0.2, -0.15) is 0 Å². The molecule has 1 aromatic heterocycles. The molecule has 0 fully saturated rings. The molecule has 88 valence electrons. The number of carbonyl (C=O) groups excluding carboxylic acids is 1. The van der Waals surface area contributed by atoms with E-state index in [9.17, 15) is 4.79 Å². The second kappa shape index (κ2) is 4.85. The van der Waals surface area contributed by atoms with E-state index < -0.39 is 5.97 Å². The third kappa shape index (κ3) is 2.32. The number of nitrogen functional groups attached to an aromatic ring is 1. The first-order chi connectivity index (χ1) is 8.13. The molecule has 1 aromatic carbocycles. The molecular formula is C11H9BrN2O2S. The zero-order valence-corrected chi connectivity index (χ0v) is 11.3. The number of ether oxygens (including phenoxy) is 1. The Balaban J connectivity index is 2.49. The highest BCUT2D eigenvalue weighted by atomic mass is 79.9. The van der Waals surface area contributed by atoms with E-state index in [-0.39, 0.29) is 5.69 Å². The van der Waals surface area contributed by atoms with Gasteiger partial charge < -0.3 is 10.5 Å². The summed E-state index contributed by atoms with van der Waals surface area (Å²) < 4.78 is 5.52. The maximum absolute atomic E-state index is 11.4. The van der Waals surface area contributed by atoms with Gasteiger partial charge in [-0.25, -0.2) is 9.78 Å². The van der Waals surface area contributed by atoms with Crippen molar-refractivity contribution in [1.82, 2.24) is 4.98 Å². The van der Waals surface area contributed by atoms with Crippen LogP contribution in [0, 0.1) is 0 Å². The van der Waals surface area contributed by atoms with Crippen molar-refractivity contribution >= 4 is 38.2 Å². The van der Waals surface area contributed by atoms with Gasteiger partial charge in [0.15, 0.2) is 5.69 Å². The van der Waals surface area contributed by atoms with Gasteiger partial charge in [-0.1, -0.05) is 45.5 Å². The van der Waals surface area contributed by atoms with Crippen LogP contribution in [0.2, 0.25) is 0 Å². The SMILES string of the molecule is COC(=O)c1nc(-c2ccccc2Br)sc1N. The maximum Gasteiger partial charge on any atom is 0.359 e. The Labute approximate surface area is 111 Å². The van der Waals surface area contributed by atoms with E-state index in [1.165, 1.54) is 18.4 Å². The fraction of sp³-hybridized carbons (Fsp3) is 0.0909. The molecule has 2 aromatic rings. The standard InChI is InChI=1S/C11H9BrN2O2S/c1-16-11(15)8-9(13)17-10(14-8)6-4-2-3-5-7(6)12/h2-5H,13H2,1H3. The van der Waals surface area contributed by atoms with E-state index >= 15 is 0 Å². The predicted molar refractivity (Wildman–Crippen MR) is 71.0 cm³/mol. The van der Waals surface area contributed by atoms with Crippen molar-refractivity contribution in [3.05, 3.63) is 34.4 Å². The number of benzene rings is 1. The Hall–Kier alpha value is -1.40. The predicted octanol–water partition coefficient (Wildman–Crippen LogP) is 2.94. The number of rotatable bonds is 2. The number of aromatic nitrogens is 1. The Bertz CT molecular complexity index is 568. The quantitative estimate of drug-likeness (QED) is 0.866. The number of halogens is 1. The van der Waals surface area contributed by atoms with E-state index in [2.05, 4.69) is 25.7 Å². The van der Waals surface area contributed by atoms with Crippen LogP contribution in [0.25, 0.3) is 10.6 Å². The number of carbonyl (C=O) groups is 1. The highest BCUT2D eigenvalue weighted by molar-refractivity contribution is 9.10. The van der Waals surface area contributed by atoms with Gasteiger partial charge in [0.1, 0.15) is 10.0 Å². The first kappa shape index (κ1) is 12.1. The number of methoxy groups -OCH3 is 1. The molecule has 0 spiro atoms. The average molecular weight is 313 g/mol. The Kier molecular flexibility index (Phi) is 3.44. The summed E-state index contributed by atoms with van der Waals surface area (Å²) in [6.45, 7) is 0. The number of esters is 1. The summed E-state index contributed by atoms with van der Waals surface area (Å²) in [4.78, 5) is 15.6. The van der Waals surface area contributed by atoms with Gasteiger partial charge in [0.05, 0.1) is 7.11 Å². The molecule has 0 unspecified atom stereocenters. The van der Waals surface area contributed by atoms with Crippen LogP contribution in [0.1, 0.15) is 10.5 Å². The third-order valence-corrected chi connectivity index (χ3v) is 3.75. The van der Waals surface area contributed by atoms with Crippen LogP contribution in [0.4, 0.5) is 5.00 Å². The molecular weight excluding hydrogens is 304 g/mol. The minimum atomic E-state index is -0.517. The van der Waals surface area contributed by atoms with Gasteiger partial charge in [-0.05, 0) is 6.07 Å². The fourth-order valence-corrected chi connectivity index (χ4v) is 2.79. The van der Waals surface area contributed by atoms with Crippen molar-refractivity contribution in [3.63, 3.8) is 0 Å². The number of hydrogen-bond donors (Lipinski definition) is 1. The van der Waals surface area contributed by atoms with Crippen LogP contribution in [0.15, 0.2) is 28.7 Å². The lowest BCUT2D eigenvalue weighted by atomic mass is 10.2. The van der Waals surface area contributed by atoms with Crippen LogP contribution < -0.4 is 5.73 Å². The zero-order valence-electron chi connectivity index (χ0n) is 8.94. The molecule has 4 nitrogen and oxygen atoms in total. The first-order valence-corrected chi connectivity index (χ1v) is 6.34. The van der Waals surface area contributed by atoms with Crippen molar-refractivity contribution in [3.8, 4) is 10.6 Å². The van der Waals surface area contributed by atoms with Gasteiger partial charge in [-0.15, -0.1) is 0 Å². The summed E-state index contributed by atoms with van der Waals surface area (Å²) in [5.41, 5.74) is 6.82. The lowest BCUT2D eigenvalue weighted by molar-refractivity contribution is 0.0596. The molecule has 2 rings (SSSR count). The molecule has 0 saturated heterocycles. The average Bonchev–Trinajstić information content (AvgIpc) is 2.71. The van der Waals surface area contributed by atoms with Gasteiger partial charge in [-0.3, -0.25) is 0 Å². The smallest absolute Gasteiger partial charge is 0.359 e. The summed E-state index contributed by atoms with van der Waals surface area (Å²) in [7, 11) is 1.30. The fourth-order valence-electron chi connectivity index (χ4n) is 1.32. The lowest BCUT2D eigenvalue weighted by Crippen LogP contribution is -2.04. The summed E-state index contributed by atoms with van der Waals surface area (Å²) in [6.07, 6.45) is 0. The zero-order chi connectivity index (χ0) is 12.4. The number of nitrogens with zero attached hydrogens (tertiary/aromatic N) is 1. The molecule has 17 heavy (non-hydrogen) atoms. The third-order valence-electron chi connectivity index (χ3n) is 2.14. The van der Waals surface area contributed by atoms with E-state index in [0.29, 0.717) is 10.0 Å². The maximum atomic E-state index is 11.4. The minimum Gasteiger partial charge on any atom is -0.464 e. The normalized spacial score (nSPS) is 10.2. The van der Waals surface area contributed by atoms with Crippen LogP contribution >= 0.6 is 27.3 Å². The largest absolute Gasteiger partial charge is 0.464 e. The molecule has 0 amide bonds. The van der Waals surface area contributed by atoms with Crippen LogP contribution in [0.5, 0.6) is 0 Å². The summed E-state index contributed by atoms with van der Waals surface area (Å²) in [5, 5.41) is 1.05. The Morgan fingerprint density at radius 2 is 2.18 bits per heavy atom. The van der Waals surface area contributed by atoms with E-state index in [0.717, 1.165) is 10.0 Å². The second-order valence-electron chi connectivity index (χ2n) is 3.20. The van der Waals surface area contributed by atoms with Crippen LogP contribution in [0.3, 0.4) is 0 Å². The van der Waals surface area contributed by atoms with Crippen LogP contribution in [-0.2, 0) is 4.74 Å². The number of thiazole rings is 1. The van der Waals surface area contributed by atoms with E-state index in [1.54, 1.807) is 0 Å². The molecule has 6 heteroatoms. The molecule has 0 aliphatic carbocycles. The van der Waals surface area contributed by atoms with Gasteiger partial charge in [0.25, 0.3) is 0 Å². The van der Waals surface area contributed by atoms with E-state index in [1.807, 2.05) is 24.3 Å². The van der Waals surface area contributed by atoms with Crippen molar-refractivity contribution in [2.24, 2.45) is 0 Å². The summed E-state index contributed by atoms with van der Waals surface area (Å²) in [5.74, 6) is -0.517. The van der Waals surface area contributed by atoms with Crippen LogP contribution in [-0.4, -0.2) is 18.1 Å². The molecule has 0 atom stereocenters. The summed E-state index contributed by atoms with van der Waals surface area (Å²) >= 11 is 4.69. The highest BCUT2D eigenvalue weighted by Crippen LogP contribution is 2.34. The molecule has 0 bridgehead atoms. The topological polar surface area (TPSA) is 65.2 Å².